The molecule has 0 N–H and O–H groups in total. The third-order valence-corrected chi connectivity index (χ3v) is 10.2. The Labute approximate surface area is 319 Å². The lowest BCUT2D eigenvalue weighted by atomic mass is 9.94. The first-order chi connectivity index (χ1) is 27.3. The molecule has 10 rings (SSSR count). The van der Waals surface area contributed by atoms with Crippen molar-refractivity contribution in [1.29, 1.82) is 0 Å². The van der Waals surface area contributed by atoms with Gasteiger partial charge in [-0.3, -0.25) is 0 Å². The van der Waals surface area contributed by atoms with E-state index in [1.165, 1.54) is 16.2 Å². The van der Waals surface area contributed by atoms with Gasteiger partial charge in [-0.1, -0.05) is 152 Å². The van der Waals surface area contributed by atoms with Crippen molar-refractivity contribution in [3.05, 3.63) is 206 Å². The molecule has 4 nitrogen and oxygen atoms in total. The minimum atomic E-state index is 0.697. The van der Waals surface area contributed by atoms with Crippen LogP contribution in [-0.2, 0) is 0 Å². The largest absolute Gasteiger partial charge is 0.311 e. The van der Waals surface area contributed by atoms with E-state index in [1.807, 2.05) is 36.4 Å². The second-order valence-electron chi connectivity index (χ2n) is 13.6. The van der Waals surface area contributed by atoms with Gasteiger partial charge in [-0.05, 0) is 65.4 Å². The summed E-state index contributed by atoms with van der Waals surface area (Å²) in [5.74, 6) is 0.697. The van der Waals surface area contributed by atoms with Crippen molar-refractivity contribution in [3.63, 3.8) is 0 Å². The Hall–Kier alpha value is -7.43. The molecule has 0 bridgehead atoms. The molecule has 0 saturated heterocycles. The lowest BCUT2D eigenvalue weighted by molar-refractivity contribution is 1.18. The van der Waals surface area contributed by atoms with Crippen molar-refractivity contribution in [2.75, 3.05) is 4.90 Å². The number of nitrogens with zero attached hydrogens (tertiary/aromatic N) is 4. The number of fused-ring (bicyclic) bond motifs is 5. The highest BCUT2D eigenvalue weighted by Gasteiger charge is 2.17. The fourth-order valence-electron chi connectivity index (χ4n) is 7.59. The fraction of sp³-hybridized carbons (Fsp3) is 0. The molecule has 0 aliphatic carbocycles. The van der Waals surface area contributed by atoms with Crippen molar-refractivity contribution >= 4 is 49.5 Å². The molecule has 2 aromatic heterocycles. The second-order valence-corrected chi connectivity index (χ2v) is 13.6. The minimum Gasteiger partial charge on any atom is -0.311 e. The van der Waals surface area contributed by atoms with Crippen LogP contribution < -0.4 is 4.90 Å². The molecule has 0 saturated carbocycles. The first-order valence-electron chi connectivity index (χ1n) is 18.5. The highest BCUT2D eigenvalue weighted by atomic mass is 15.1. The van der Waals surface area contributed by atoms with Crippen LogP contribution in [0.2, 0.25) is 0 Å². The average molecular weight is 703 g/mol. The van der Waals surface area contributed by atoms with Crippen molar-refractivity contribution in [1.82, 2.24) is 15.0 Å². The molecule has 0 spiro atoms. The Morgan fingerprint density at radius 1 is 0.327 bits per heavy atom. The van der Waals surface area contributed by atoms with E-state index in [0.29, 0.717) is 5.82 Å². The van der Waals surface area contributed by atoms with Crippen LogP contribution in [0.3, 0.4) is 0 Å². The Morgan fingerprint density at radius 3 is 1.55 bits per heavy atom. The van der Waals surface area contributed by atoms with Crippen LogP contribution in [-0.4, -0.2) is 15.0 Å². The predicted molar refractivity (Wildman–Crippen MR) is 229 cm³/mol. The van der Waals surface area contributed by atoms with Crippen molar-refractivity contribution in [3.8, 4) is 45.2 Å². The SMILES string of the molecule is c1ccc(-c2cc(-c3ccc4nc(-c5ccc(N(c6ccccc6)c6ccccc6)cc5)c5ccc6ccccc6c5c4c3)nc(-c3ccccc3)n2)cc1. The number of benzene rings is 8. The summed E-state index contributed by atoms with van der Waals surface area (Å²) in [5, 5.41) is 5.76. The lowest BCUT2D eigenvalue weighted by Gasteiger charge is -2.25. The molecule has 0 aliphatic heterocycles. The van der Waals surface area contributed by atoms with Crippen LogP contribution in [0.5, 0.6) is 0 Å². The number of para-hydroxylation sites is 2. The maximum atomic E-state index is 5.39. The summed E-state index contributed by atoms with van der Waals surface area (Å²) >= 11 is 0. The summed E-state index contributed by atoms with van der Waals surface area (Å²) in [4.78, 5) is 17.8. The molecular weight excluding hydrogens is 669 g/mol. The first-order valence-corrected chi connectivity index (χ1v) is 18.5. The van der Waals surface area contributed by atoms with Gasteiger partial charge >= 0.3 is 0 Å². The molecule has 4 heteroatoms. The molecule has 0 radical (unpaired) electrons. The normalized spacial score (nSPS) is 11.3. The molecule has 8 aromatic carbocycles. The van der Waals surface area contributed by atoms with Gasteiger partial charge in [-0.15, -0.1) is 0 Å². The molecular formula is C51H34N4. The Morgan fingerprint density at radius 2 is 0.873 bits per heavy atom. The van der Waals surface area contributed by atoms with Crippen molar-refractivity contribution in [2.45, 2.75) is 0 Å². The zero-order valence-electron chi connectivity index (χ0n) is 29.9. The van der Waals surface area contributed by atoms with Gasteiger partial charge in [0.2, 0.25) is 0 Å². The summed E-state index contributed by atoms with van der Waals surface area (Å²) in [7, 11) is 0. The van der Waals surface area contributed by atoms with E-state index in [0.717, 1.165) is 72.7 Å². The number of hydrogen-bond donors (Lipinski definition) is 0. The number of aromatic nitrogens is 3. The van der Waals surface area contributed by atoms with Crippen LogP contribution in [0.4, 0.5) is 17.1 Å². The highest BCUT2D eigenvalue weighted by molar-refractivity contribution is 6.22. The van der Waals surface area contributed by atoms with Crippen LogP contribution in [0, 0.1) is 0 Å². The summed E-state index contributed by atoms with van der Waals surface area (Å²) in [6.07, 6.45) is 0. The van der Waals surface area contributed by atoms with Crippen LogP contribution in [0.1, 0.15) is 0 Å². The molecule has 0 aliphatic rings. The average Bonchev–Trinajstić information content (AvgIpc) is 3.27. The Kier molecular flexibility index (Phi) is 8.12. The van der Waals surface area contributed by atoms with E-state index in [-0.39, 0.29) is 0 Å². The standard InChI is InChI=1S/C51H34N4/c1-5-16-36(17-6-1)47-34-48(54-51(53-47)38-18-7-2-8-19-38)39-28-32-46-45(33-39)49-43-24-14-13-15-35(43)27-31-44(49)50(52-46)37-25-29-42(30-26-37)55(40-20-9-3-10-21-40)41-22-11-4-12-23-41/h1-34H. The quantitative estimate of drug-likeness (QED) is 0.155. The predicted octanol–water partition coefficient (Wildman–Crippen LogP) is 13.5. The van der Waals surface area contributed by atoms with Gasteiger partial charge in [0, 0.05) is 55.5 Å². The third kappa shape index (κ3) is 6.06. The van der Waals surface area contributed by atoms with Crippen LogP contribution in [0.15, 0.2) is 206 Å². The summed E-state index contributed by atoms with van der Waals surface area (Å²) in [6, 6.07) is 72.0. The molecule has 55 heavy (non-hydrogen) atoms. The topological polar surface area (TPSA) is 41.9 Å². The molecule has 2 heterocycles. The Balaban J connectivity index is 1.14. The van der Waals surface area contributed by atoms with Gasteiger partial charge in [-0.2, -0.15) is 0 Å². The summed E-state index contributed by atoms with van der Waals surface area (Å²) < 4.78 is 0. The van der Waals surface area contributed by atoms with Crippen LogP contribution >= 0.6 is 0 Å². The van der Waals surface area contributed by atoms with Gasteiger partial charge < -0.3 is 4.90 Å². The van der Waals surface area contributed by atoms with Gasteiger partial charge in [0.1, 0.15) is 0 Å². The summed E-state index contributed by atoms with van der Waals surface area (Å²) in [5.41, 5.74) is 11.0. The molecule has 258 valence electrons. The number of hydrogen-bond acceptors (Lipinski definition) is 4. The molecule has 10 aromatic rings. The molecule has 0 amide bonds. The lowest BCUT2D eigenvalue weighted by Crippen LogP contribution is -2.09. The number of rotatable bonds is 7. The van der Waals surface area contributed by atoms with Gasteiger partial charge in [0.05, 0.1) is 22.6 Å². The fourth-order valence-corrected chi connectivity index (χ4v) is 7.59. The van der Waals surface area contributed by atoms with E-state index in [2.05, 4.69) is 175 Å². The van der Waals surface area contributed by atoms with E-state index in [4.69, 9.17) is 15.0 Å². The van der Waals surface area contributed by atoms with Crippen molar-refractivity contribution in [2.24, 2.45) is 0 Å². The van der Waals surface area contributed by atoms with Gasteiger partial charge in [0.25, 0.3) is 0 Å². The number of pyridine rings is 1. The Bertz CT molecular complexity index is 2850. The minimum absolute atomic E-state index is 0.697. The zero-order valence-corrected chi connectivity index (χ0v) is 29.9. The highest BCUT2D eigenvalue weighted by Crippen LogP contribution is 2.40. The van der Waals surface area contributed by atoms with Gasteiger partial charge in [-0.25, -0.2) is 15.0 Å². The monoisotopic (exact) mass is 702 g/mol. The van der Waals surface area contributed by atoms with Crippen LogP contribution in [0.25, 0.3) is 77.6 Å². The number of anilines is 3. The van der Waals surface area contributed by atoms with E-state index >= 15 is 0 Å². The molecule has 0 fully saturated rings. The first kappa shape index (κ1) is 32.2. The van der Waals surface area contributed by atoms with E-state index in [1.54, 1.807) is 0 Å². The molecule has 0 atom stereocenters. The smallest absolute Gasteiger partial charge is 0.160 e. The van der Waals surface area contributed by atoms with Gasteiger partial charge in [0.15, 0.2) is 5.82 Å². The zero-order chi connectivity index (χ0) is 36.6. The second kappa shape index (κ2) is 13.8. The van der Waals surface area contributed by atoms with E-state index < -0.39 is 0 Å². The van der Waals surface area contributed by atoms with Crippen molar-refractivity contribution < 1.29 is 0 Å². The molecule has 0 unspecified atom stereocenters. The maximum absolute atomic E-state index is 5.39. The maximum Gasteiger partial charge on any atom is 0.160 e. The third-order valence-electron chi connectivity index (χ3n) is 10.2. The van der Waals surface area contributed by atoms with E-state index in [9.17, 15) is 0 Å². The summed E-state index contributed by atoms with van der Waals surface area (Å²) in [6.45, 7) is 0.